The van der Waals surface area contributed by atoms with E-state index in [0.717, 1.165) is 16.7 Å². The second kappa shape index (κ2) is 7.15. The molecule has 0 N–H and O–H groups in total. The zero-order chi connectivity index (χ0) is 19.9. The SMILES string of the molecule is Cc1ccc2c(C(=O)C3=NC(C(C)C)CS3)cn(C(=O)OC(C)(C)C)c2c1. The highest BCUT2D eigenvalue weighted by Gasteiger charge is 2.29. The Hall–Kier alpha value is -2.08. The number of rotatable bonds is 3. The molecule has 1 aliphatic heterocycles. The van der Waals surface area contributed by atoms with Crippen molar-refractivity contribution in [3.8, 4) is 0 Å². The molecule has 0 bridgehead atoms. The first-order chi connectivity index (χ1) is 12.6. The second-order valence-electron chi connectivity index (χ2n) is 8.30. The topological polar surface area (TPSA) is 60.7 Å². The fourth-order valence-electron chi connectivity index (χ4n) is 2.95. The molecule has 144 valence electrons. The summed E-state index contributed by atoms with van der Waals surface area (Å²) < 4.78 is 6.95. The summed E-state index contributed by atoms with van der Waals surface area (Å²) in [6.07, 6.45) is 1.10. The largest absolute Gasteiger partial charge is 0.443 e. The Bertz CT molecular complexity index is 935. The van der Waals surface area contributed by atoms with Gasteiger partial charge in [-0.15, -0.1) is 11.8 Å². The van der Waals surface area contributed by atoms with Crippen LogP contribution in [0.25, 0.3) is 10.9 Å². The molecule has 0 aliphatic carbocycles. The molecular formula is C21H26N2O3S. The molecule has 3 rings (SSSR count). The molecule has 2 aromatic rings. The van der Waals surface area contributed by atoms with Crippen molar-refractivity contribution in [3.63, 3.8) is 0 Å². The monoisotopic (exact) mass is 386 g/mol. The van der Waals surface area contributed by atoms with E-state index in [2.05, 4.69) is 18.8 Å². The van der Waals surface area contributed by atoms with Crippen LogP contribution in [0.2, 0.25) is 0 Å². The van der Waals surface area contributed by atoms with Crippen molar-refractivity contribution < 1.29 is 14.3 Å². The Balaban J connectivity index is 2.05. The molecule has 1 aromatic carbocycles. The van der Waals surface area contributed by atoms with E-state index < -0.39 is 11.7 Å². The third kappa shape index (κ3) is 4.10. The van der Waals surface area contributed by atoms with Crippen LogP contribution >= 0.6 is 11.8 Å². The lowest BCUT2D eigenvalue weighted by Crippen LogP contribution is -2.26. The lowest BCUT2D eigenvalue weighted by atomic mass is 10.1. The number of nitrogens with zero attached hydrogens (tertiary/aromatic N) is 2. The van der Waals surface area contributed by atoms with Crippen molar-refractivity contribution in [1.82, 2.24) is 4.57 Å². The van der Waals surface area contributed by atoms with Gasteiger partial charge in [-0.05, 0) is 45.2 Å². The van der Waals surface area contributed by atoms with Gasteiger partial charge in [-0.1, -0.05) is 26.0 Å². The molecular weight excluding hydrogens is 360 g/mol. The van der Waals surface area contributed by atoms with Crippen LogP contribution in [0.3, 0.4) is 0 Å². The van der Waals surface area contributed by atoms with Gasteiger partial charge in [0.05, 0.1) is 17.1 Å². The number of carbonyl (C=O) groups is 2. The van der Waals surface area contributed by atoms with Gasteiger partial charge in [0, 0.05) is 17.3 Å². The van der Waals surface area contributed by atoms with Crippen LogP contribution in [0.15, 0.2) is 29.4 Å². The maximum atomic E-state index is 13.1. The summed E-state index contributed by atoms with van der Waals surface area (Å²) in [7, 11) is 0. The maximum Gasteiger partial charge on any atom is 0.419 e. The number of Topliss-reactive ketones (excluding diaryl/α,β-unsaturated/α-hetero) is 1. The fraction of sp³-hybridized carbons (Fsp3) is 0.476. The Kier molecular flexibility index (Phi) is 5.21. The third-order valence-electron chi connectivity index (χ3n) is 4.43. The molecule has 0 radical (unpaired) electrons. The number of aliphatic imine (C=N–C) groups is 1. The van der Waals surface area contributed by atoms with E-state index in [9.17, 15) is 9.59 Å². The summed E-state index contributed by atoms with van der Waals surface area (Å²) in [6.45, 7) is 11.6. The highest BCUT2D eigenvalue weighted by molar-refractivity contribution is 8.16. The molecule has 0 saturated heterocycles. The van der Waals surface area contributed by atoms with Crippen molar-refractivity contribution in [3.05, 3.63) is 35.5 Å². The zero-order valence-electron chi connectivity index (χ0n) is 16.7. The molecule has 27 heavy (non-hydrogen) atoms. The number of hydrogen-bond donors (Lipinski definition) is 0. The molecule has 0 amide bonds. The van der Waals surface area contributed by atoms with Gasteiger partial charge < -0.3 is 4.74 Å². The molecule has 1 aromatic heterocycles. The number of aryl methyl sites for hydroxylation is 1. The average Bonchev–Trinajstić information content (AvgIpc) is 3.17. The number of thioether (sulfide) groups is 1. The van der Waals surface area contributed by atoms with Gasteiger partial charge in [0.15, 0.2) is 0 Å². The van der Waals surface area contributed by atoms with E-state index in [-0.39, 0.29) is 11.8 Å². The van der Waals surface area contributed by atoms with Crippen molar-refractivity contribution in [2.75, 3.05) is 5.75 Å². The second-order valence-corrected chi connectivity index (χ2v) is 9.31. The summed E-state index contributed by atoms with van der Waals surface area (Å²) >= 11 is 1.50. The predicted molar refractivity (Wildman–Crippen MR) is 111 cm³/mol. The molecule has 6 heteroatoms. The van der Waals surface area contributed by atoms with Gasteiger partial charge in [0.2, 0.25) is 5.78 Å². The minimum atomic E-state index is -0.614. The highest BCUT2D eigenvalue weighted by atomic mass is 32.2. The summed E-state index contributed by atoms with van der Waals surface area (Å²) in [4.78, 5) is 30.4. The van der Waals surface area contributed by atoms with E-state index >= 15 is 0 Å². The first-order valence-corrected chi connectivity index (χ1v) is 10.2. The van der Waals surface area contributed by atoms with E-state index in [0.29, 0.717) is 22.0 Å². The van der Waals surface area contributed by atoms with Crippen LogP contribution in [-0.4, -0.2) is 38.9 Å². The van der Waals surface area contributed by atoms with Crippen LogP contribution in [0.1, 0.15) is 50.5 Å². The minimum absolute atomic E-state index is 0.126. The summed E-state index contributed by atoms with van der Waals surface area (Å²) in [5.74, 6) is 1.09. The molecule has 1 unspecified atom stereocenters. The predicted octanol–water partition coefficient (Wildman–Crippen LogP) is 5.09. The third-order valence-corrected chi connectivity index (χ3v) is 5.51. The molecule has 1 atom stereocenters. The molecule has 5 nitrogen and oxygen atoms in total. The standard InChI is InChI=1S/C21H26N2O3S/c1-12(2)16-11-27-19(22-16)18(24)15-10-23(20(25)26-21(4,5)6)17-9-13(3)7-8-14(15)17/h7-10,12,16H,11H2,1-6H3. The van der Waals surface area contributed by atoms with Gasteiger partial charge in [-0.2, -0.15) is 0 Å². The van der Waals surface area contributed by atoms with Crippen molar-refractivity contribution >= 4 is 39.6 Å². The normalized spacial score (nSPS) is 17.4. The smallest absolute Gasteiger partial charge is 0.419 e. The number of benzene rings is 1. The number of ketones is 1. The number of hydrogen-bond acceptors (Lipinski definition) is 5. The number of carbonyl (C=O) groups excluding carboxylic acids is 2. The van der Waals surface area contributed by atoms with Crippen molar-refractivity contribution in [2.24, 2.45) is 10.9 Å². The zero-order valence-corrected chi connectivity index (χ0v) is 17.5. The van der Waals surface area contributed by atoms with Gasteiger partial charge in [-0.25, -0.2) is 4.79 Å². The molecule has 0 spiro atoms. The van der Waals surface area contributed by atoms with Crippen LogP contribution in [0.5, 0.6) is 0 Å². The van der Waals surface area contributed by atoms with E-state index in [1.54, 1.807) is 6.20 Å². The minimum Gasteiger partial charge on any atom is -0.443 e. The Labute approximate surface area is 164 Å². The summed E-state index contributed by atoms with van der Waals surface area (Å²) in [5.41, 5.74) is 1.57. The van der Waals surface area contributed by atoms with Gasteiger partial charge >= 0.3 is 6.09 Å². The number of fused-ring (bicyclic) bond motifs is 1. The Morgan fingerprint density at radius 2 is 2.00 bits per heavy atom. The molecule has 1 aliphatic rings. The Morgan fingerprint density at radius 3 is 2.59 bits per heavy atom. The highest BCUT2D eigenvalue weighted by Crippen LogP contribution is 2.29. The van der Waals surface area contributed by atoms with Gasteiger partial charge in [0.1, 0.15) is 10.6 Å². The Morgan fingerprint density at radius 1 is 1.30 bits per heavy atom. The summed E-state index contributed by atoms with van der Waals surface area (Å²) in [5, 5.41) is 1.27. The molecule has 2 heterocycles. The lowest BCUT2D eigenvalue weighted by Gasteiger charge is -2.19. The van der Waals surface area contributed by atoms with Crippen LogP contribution in [0, 0.1) is 12.8 Å². The first kappa shape index (κ1) is 19.7. The summed E-state index contributed by atoms with van der Waals surface area (Å²) in [6, 6.07) is 5.89. The average molecular weight is 387 g/mol. The van der Waals surface area contributed by atoms with Crippen LogP contribution < -0.4 is 0 Å². The number of ether oxygens (including phenoxy) is 1. The van der Waals surface area contributed by atoms with Crippen molar-refractivity contribution in [2.45, 2.75) is 53.2 Å². The van der Waals surface area contributed by atoms with Crippen molar-refractivity contribution in [1.29, 1.82) is 0 Å². The quantitative estimate of drug-likeness (QED) is 0.690. The van der Waals surface area contributed by atoms with E-state index in [1.165, 1.54) is 16.3 Å². The fourth-order valence-corrected chi connectivity index (χ4v) is 4.19. The maximum absolute atomic E-state index is 13.1. The van der Waals surface area contributed by atoms with Gasteiger partial charge in [-0.3, -0.25) is 14.4 Å². The van der Waals surface area contributed by atoms with E-state index in [4.69, 9.17) is 4.74 Å². The lowest BCUT2D eigenvalue weighted by molar-refractivity contribution is 0.0544. The van der Waals surface area contributed by atoms with E-state index in [1.807, 2.05) is 45.9 Å². The number of aromatic nitrogens is 1. The van der Waals surface area contributed by atoms with Crippen LogP contribution in [0.4, 0.5) is 4.79 Å². The van der Waals surface area contributed by atoms with Gasteiger partial charge in [0.25, 0.3) is 0 Å². The molecule has 0 fully saturated rings. The van der Waals surface area contributed by atoms with Crippen LogP contribution in [-0.2, 0) is 4.74 Å². The molecule has 0 saturated carbocycles. The first-order valence-electron chi connectivity index (χ1n) is 9.17.